The van der Waals surface area contributed by atoms with E-state index in [9.17, 15) is 5.26 Å². The van der Waals surface area contributed by atoms with Crippen LogP contribution < -0.4 is 5.32 Å². The number of rotatable bonds is 4. The van der Waals surface area contributed by atoms with Crippen LogP contribution in [0, 0.1) is 17.2 Å². The molecule has 0 heterocycles. The summed E-state index contributed by atoms with van der Waals surface area (Å²) in [5.41, 5.74) is -0.222. The zero-order valence-corrected chi connectivity index (χ0v) is 13.1. The molecular weight excluding hydrogens is 246 g/mol. The molecule has 3 aliphatic carbocycles. The van der Waals surface area contributed by atoms with Gasteiger partial charge in [-0.2, -0.15) is 5.26 Å². The van der Waals surface area contributed by atoms with Gasteiger partial charge >= 0.3 is 0 Å². The second-order valence-electron chi connectivity index (χ2n) is 7.60. The second-order valence-corrected chi connectivity index (χ2v) is 7.60. The Kier molecular flexibility index (Phi) is 4.06. The maximum Gasteiger partial charge on any atom is 0.108 e. The standard InChI is InChI=1S/C17H29N3/c1-13-4-3-5-15(10-13)20(2)16-8-9-17(11-16,12-18)19-14-6-7-14/h13-16,19H,3-11H2,1-2H3. The fourth-order valence-corrected chi connectivity index (χ4v) is 4.32. The first-order chi connectivity index (χ1) is 9.62. The number of nitriles is 1. The lowest BCUT2D eigenvalue weighted by Gasteiger charge is -2.38. The lowest BCUT2D eigenvalue weighted by atomic mass is 9.85. The SMILES string of the molecule is CC1CCCC(N(C)C2CCC(C#N)(NC3CC3)C2)C1. The highest BCUT2D eigenvalue weighted by Crippen LogP contribution is 2.38. The Bertz CT molecular complexity index is 384. The van der Waals surface area contributed by atoms with Gasteiger partial charge in [-0.25, -0.2) is 0 Å². The van der Waals surface area contributed by atoms with E-state index < -0.39 is 0 Å². The van der Waals surface area contributed by atoms with Crippen molar-refractivity contribution in [2.45, 2.75) is 88.4 Å². The van der Waals surface area contributed by atoms with E-state index in [1.54, 1.807) is 0 Å². The lowest BCUT2D eigenvalue weighted by molar-refractivity contribution is 0.117. The van der Waals surface area contributed by atoms with Gasteiger partial charge in [0, 0.05) is 18.1 Å². The van der Waals surface area contributed by atoms with Crippen molar-refractivity contribution in [2.75, 3.05) is 7.05 Å². The molecule has 3 heteroatoms. The molecule has 0 radical (unpaired) electrons. The quantitative estimate of drug-likeness (QED) is 0.857. The molecule has 4 atom stereocenters. The molecule has 3 fully saturated rings. The van der Waals surface area contributed by atoms with E-state index in [1.807, 2.05) is 0 Å². The van der Waals surface area contributed by atoms with Crippen molar-refractivity contribution in [3.8, 4) is 6.07 Å². The van der Waals surface area contributed by atoms with Crippen LogP contribution >= 0.6 is 0 Å². The third kappa shape index (κ3) is 3.02. The van der Waals surface area contributed by atoms with Gasteiger partial charge in [-0.15, -0.1) is 0 Å². The molecule has 0 amide bonds. The van der Waals surface area contributed by atoms with Crippen LogP contribution in [0.4, 0.5) is 0 Å². The monoisotopic (exact) mass is 275 g/mol. The van der Waals surface area contributed by atoms with E-state index in [0.717, 1.165) is 24.8 Å². The van der Waals surface area contributed by atoms with E-state index in [4.69, 9.17) is 0 Å². The van der Waals surface area contributed by atoms with Crippen molar-refractivity contribution in [1.29, 1.82) is 5.26 Å². The normalized spacial score (nSPS) is 41.8. The molecule has 3 aliphatic rings. The van der Waals surface area contributed by atoms with E-state index in [1.165, 1.54) is 44.9 Å². The van der Waals surface area contributed by atoms with Gasteiger partial charge in [0.1, 0.15) is 5.54 Å². The molecule has 20 heavy (non-hydrogen) atoms. The highest BCUT2D eigenvalue weighted by Gasteiger charge is 2.44. The van der Waals surface area contributed by atoms with E-state index in [0.29, 0.717) is 12.1 Å². The van der Waals surface area contributed by atoms with E-state index in [2.05, 4.69) is 30.3 Å². The Morgan fingerprint density at radius 3 is 2.60 bits per heavy atom. The Morgan fingerprint density at radius 2 is 1.95 bits per heavy atom. The summed E-state index contributed by atoms with van der Waals surface area (Å²) in [6.07, 6.45) is 11.3. The molecule has 1 N–H and O–H groups in total. The van der Waals surface area contributed by atoms with Gasteiger partial charge < -0.3 is 4.90 Å². The highest BCUT2D eigenvalue weighted by molar-refractivity contribution is 5.15. The fourth-order valence-electron chi connectivity index (χ4n) is 4.32. The topological polar surface area (TPSA) is 39.1 Å². The summed E-state index contributed by atoms with van der Waals surface area (Å²) in [7, 11) is 2.30. The van der Waals surface area contributed by atoms with Crippen LogP contribution in [0.1, 0.15) is 64.7 Å². The molecule has 4 unspecified atom stereocenters. The van der Waals surface area contributed by atoms with Crippen molar-refractivity contribution in [3.05, 3.63) is 0 Å². The van der Waals surface area contributed by atoms with E-state index >= 15 is 0 Å². The largest absolute Gasteiger partial charge is 0.300 e. The molecule has 0 aromatic rings. The highest BCUT2D eigenvalue weighted by atomic mass is 15.2. The second kappa shape index (κ2) is 5.66. The molecule has 3 saturated carbocycles. The average Bonchev–Trinajstić information content (AvgIpc) is 3.15. The fraction of sp³-hybridized carbons (Fsp3) is 0.941. The zero-order chi connectivity index (χ0) is 14.2. The number of nitrogens with one attached hydrogen (secondary N) is 1. The molecular formula is C17H29N3. The van der Waals surface area contributed by atoms with E-state index in [-0.39, 0.29) is 5.54 Å². The number of nitrogens with zero attached hydrogens (tertiary/aromatic N) is 2. The van der Waals surface area contributed by atoms with Crippen LogP contribution in [0.25, 0.3) is 0 Å². The summed E-state index contributed by atoms with van der Waals surface area (Å²) in [6, 6.07) is 4.60. The van der Waals surface area contributed by atoms with Gasteiger partial charge in [0.2, 0.25) is 0 Å². The minimum atomic E-state index is -0.222. The molecule has 3 nitrogen and oxygen atoms in total. The summed E-state index contributed by atoms with van der Waals surface area (Å²) in [6.45, 7) is 2.39. The first-order valence-electron chi connectivity index (χ1n) is 8.53. The molecule has 0 saturated heterocycles. The summed E-state index contributed by atoms with van der Waals surface area (Å²) < 4.78 is 0. The Balaban J connectivity index is 1.59. The molecule has 0 aromatic carbocycles. The van der Waals surface area contributed by atoms with Gasteiger partial charge in [0.25, 0.3) is 0 Å². The van der Waals surface area contributed by atoms with Crippen LogP contribution in [-0.4, -0.2) is 35.6 Å². The predicted molar refractivity (Wildman–Crippen MR) is 81.3 cm³/mol. The number of hydrogen-bond donors (Lipinski definition) is 1. The van der Waals surface area contributed by atoms with Gasteiger partial charge in [-0.05, 0) is 57.9 Å². The smallest absolute Gasteiger partial charge is 0.108 e. The Hall–Kier alpha value is -0.590. The Morgan fingerprint density at radius 1 is 1.15 bits per heavy atom. The first-order valence-corrected chi connectivity index (χ1v) is 8.53. The van der Waals surface area contributed by atoms with Crippen molar-refractivity contribution in [3.63, 3.8) is 0 Å². The van der Waals surface area contributed by atoms with Crippen molar-refractivity contribution >= 4 is 0 Å². The minimum absolute atomic E-state index is 0.222. The first kappa shape index (κ1) is 14.4. The molecule has 0 bridgehead atoms. The summed E-state index contributed by atoms with van der Waals surface area (Å²) in [5.74, 6) is 0.878. The zero-order valence-electron chi connectivity index (χ0n) is 13.1. The molecule has 112 valence electrons. The maximum atomic E-state index is 9.61. The lowest BCUT2D eigenvalue weighted by Crippen LogP contribution is -2.46. The van der Waals surface area contributed by atoms with Gasteiger partial charge in [0.15, 0.2) is 0 Å². The van der Waals surface area contributed by atoms with Crippen LogP contribution in [0.2, 0.25) is 0 Å². The van der Waals surface area contributed by atoms with Crippen molar-refractivity contribution in [2.24, 2.45) is 5.92 Å². The van der Waals surface area contributed by atoms with Crippen molar-refractivity contribution in [1.82, 2.24) is 10.2 Å². The average molecular weight is 275 g/mol. The molecule has 0 aromatic heterocycles. The minimum Gasteiger partial charge on any atom is -0.300 e. The van der Waals surface area contributed by atoms with Crippen LogP contribution in [0.5, 0.6) is 0 Å². The predicted octanol–water partition coefficient (Wildman–Crippen LogP) is 3.06. The third-order valence-electron chi connectivity index (χ3n) is 5.82. The summed E-state index contributed by atoms with van der Waals surface area (Å²) in [4.78, 5) is 2.61. The summed E-state index contributed by atoms with van der Waals surface area (Å²) >= 11 is 0. The number of hydrogen-bond acceptors (Lipinski definition) is 3. The Labute approximate surface area is 123 Å². The third-order valence-corrected chi connectivity index (χ3v) is 5.82. The molecule has 3 rings (SSSR count). The van der Waals surface area contributed by atoms with Gasteiger partial charge in [-0.3, -0.25) is 5.32 Å². The van der Waals surface area contributed by atoms with Gasteiger partial charge in [-0.1, -0.05) is 19.8 Å². The van der Waals surface area contributed by atoms with Crippen LogP contribution in [0.3, 0.4) is 0 Å². The van der Waals surface area contributed by atoms with Crippen molar-refractivity contribution < 1.29 is 0 Å². The van der Waals surface area contributed by atoms with Crippen LogP contribution in [0.15, 0.2) is 0 Å². The summed E-state index contributed by atoms with van der Waals surface area (Å²) in [5, 5.41) is 13.2. The van der Waals surface area contributed by atoms with Gasteiger partial charge in [0.05, 0.1) is 6.07 Å². The molecule has 0 aliphatic heterocycles. The van der Waals surface area contributed by atoms with Crippen LogP contribution in [-0.2, 0) is 0 Å². The molecule has 0 spiro atoms. The maximum absolute atomic E-state index is 9.61.